The number of nitrogens with zero attached hydrogens (tertiary/aromatic N) is 3. The molecule has 1 unspecified atom stereocenters. The lowest BCUT2D eigenvalue weighted by Crippen LogP contribution is -2.07. The molecule has 0 spiro atoms. The molecule has 21 heavy (non-hydrogen) atoms. The van der Waals surface area contributed by atoms with Crippen molar-refractivity contribution in [2.75, 3.05) is 0 Å². The Balaban J connectivity index is 1.97. The van der Waals surface area contributed by atoms with Gasteiger partial charge in [-0.2, -0.15) is 0 Å². The molecule has 0 N–H and O–H groups in total. The third-order valence-electron chi connectivity index (χ3n) is 3.41. The van der Waals surface area contributed by atoms with E-state index in [4.69, 9.17) is 16.6 Å². The van der Waals surface area contributed by atoms with E-state index in [0.717, 1.165) is 35.5 Å². The number of imidazole rings is 1. The summed E-state index contributed by atoms with van der Waals surface area (Å²) >= 11 is 8.61. The largest absolute Gasteiger partial charge is 0.326 e. The van der Waals surface area contributed by atoms with Crippen LogP contribution in [0, 0.1) is 3.57 Å². The van der Waals surface area contributed by atoms with Crippen LogP contribution in [0.4, 0.5) is 0 Å². The Hall–Kier alpha value is -1.14. The fraction of sp³-hybridized carbons (Fsp3) is 0.250. The summed E-state index contributed by atoms with van der Waals surface area (Å²) in [4.78, 5) is 9.07. The standard InChI is InChI=1S/C16H15ClIN3/c1-11(17)16-20-14-10-12(18)5-6-15(14)21(16)9-7-13-4-2-3-8-19-13/h2-6,8,10-11H,7,9H2,1H3. The molecule has 2 heterocycles. The quantitative estimate of drug-likeness (QED) is 0.465. The summed E-state index contributed by atoms with van der Waals surface area (Å²) in [5.74, 6) is 0.921. The molecular weight excluding hydrogens is 397 g/mol. The molecule has 3 nitrogen and oxygen atoms in total. The van der Waals surface area contributed by atoms with Crippen LogP contribution in [0.3, 0.4) is 0 Å². The number of rotatable bonds is 4. The number of alkyl halides is 1. The van der Waals surface area contributed by atoms with E-state index in [2.05, 4.69) is 50.3 Å². The number of hydrogen-bond donors (Lipinski definition) is 0. The van der Waals surface area contributed by atoms with Crippen LogP contribution in [-0.4, -0.2) is 14.5 Å². The van der Waals surface area contributed by atoms with Gasteiger partial charge in [0, 0.05) is 28.4 Å². The Kier molecular flexibility index (Phi) is 4.45. The first kappa shape index (κ1) is 14.8. The molecule has 3 rings (SSSR count). The zero-order valence-electron chi connectivity index (χ0n) is 11.6. The fourth-order valence-electron chi connectivity index (χ4n) is 2.43. The Bertz CT molecular complexity index is 753. The van der Waals surface area contributed by atoms with Gasteiger partial charge in [-0.05, 0) is 59.8 Å². The van der Waals surface area contributed by atoms with E-state index in [1.165, 1.54) is 3.57 Å². The van der Waals surface area contributed by atoms with Crippen LogP contribution in [0.5, 0.6) is 0 Å². The highest BCUT2D eigenvalue weighted by molar-refractivity contribution is 14.1. The second-order valence-corrected chi connectivity index (χ2v) is 6.84. The summed E-state index contributed by atoms with van der Waals surface area (Å²) < 4.78 is 3.39. The van der Waals surface area contributed by atoms with Crippen molar-refractivity contribution in [2.45, 2.75) is 25.3 Å². The molecule has 5 heteroatoms. The molecule has 108 valence electrons. The Labute approximate surface area is 142 Å². The lowest BCUT2D eigenvalue weighted by molar-refractivity contribution is 0.660. The number of benzene rings is 1. The van der Waals surface area contributed by atoms with Gasteiger partial charge in [-0.25, -0.2) is 4.98 Å². The van der Waals surface area contributed by atoms with Gasteiger partial charge in [0.05, 0.1) is 16.4 Å². The highest BCUT2D eigenvalue weighted by Gasteiger charge is 2.15. The topological polar surface area (TPSA) is 30.7 Å². The summed E-state index contributed by atoms with van der Waals surface area (Å²) in [7, 11) is 0. The zero-order valence-corrected chi connectivity index (χ0v) is 14.5. The SMILES string of the molecule is CC(Cl)c1nc2cc(I)ccc2n1CCc1ccccn1. The number of aryl methyl sites for hydroxylation is 2. The van der Waals surface area contributed by atoms with Crippen LogP contribution in [0.15, 0.2) is 42.6 Å². The first-order valence-electron chi connectivity index (χ1n) is 6.85. The van der Waals surface area contributed by atoms with Crippen LogP contribution >= 0.6 is 34.2 Å². The molecule has 0 fully saturated rings. The van der Waals surface area contributed by atoms with Crippen molar-refractivity contribution in [3.63, 3.8) is 0 Å². The zero-order chi connectivity index (χ0) is 14.8. The predicted octanol–water partition coefficient (Wildman–Crippen LogP) is 4.58. The van der Waals surface area contributed by atoms with Gasteiger partial charge >= 0.3 is 0 Å². The van der Waals surface area contributed by atoms with Gasteiger partial charge in [0.15, 0.2) is 0 Å². The Morgan fingerprint density at radius 3 is 2.86 bits per heavy atom. The van der Waals surface area contributed by atoms with Crippen LogP contribution in [-0.2, 0) is 13.0 Å². The first-order chi connectivity index (χ1) is 10.1. The van der Waals surface area contributed by atoms with E-state index in [1.54, 1.807) is 0 Å². The van der Waals surface area contributed by atoms with Crippen LogP contribution in [0.2, 0.25) is 0 Å². The molecule has 0 amide bonds. The average molecular weight is 412 g/mol. The molecule has 0 radical (unpaired) electrons. The second kappa shape index (κ2) is 6.32. The van der Waals surface area contributed by atoms with Gasteiger partial charge in [-0.3, -0.25) is 4.98 Å². The lowest BCUT2D eigenvalue weighted by atomic mass is 10.2. The van der Waals surface area contributed by atoms with Crippen molar-refractivity contribution in [1.29, 1.82) is 0 Å². The van der Waals surface area contributed by atoms with E-state index >= 15 is 0 Å². The van der Waals surface area contributed by atoms with Gasteiger partial charge in [-0.15, -0.1) is 11.6 Å². The minimum Gasteiger partial charge on any atom is -0.326 e. The van der Waals surface area contributed by atoms with Crippen LogP contribution in [0.1, 0.15) is 23.8 Å². The Morgan fingerprint density at radius 2 is 2.14 bits per heavy atom. The second-order valence-electron chi connectivity index (χ2n) is 4.94. The van der Waals surface area contributed by atoms with Crippen LogP contribution < -0.4 is 0 Å². The van der Waals surface area contributed by atoms with Gasteiger partial charge in [-0.1, -0.05) is 6.07 Å². The maximum atomic E-state index is 6.30. The van der Waals surface area contributed by atoms with Crippen molar-refractivity contribution in [1.82, 2.24) is 14.5 Å². The summed E-state index contributed by atoms with van der Waals surface area (Å²) in [5, 5.41) is -0.112. The maximum absolute atomic E-state index is 6.30. The summed E-state index contributed by atoms with van der Waals surface area (Å²) in [6, 6.07) is 12.3. The molecular formula is C16H15ClIN3. The monoisotopic (exact) mass is 411 g/mol. The molecule has 0 saturated heterocycles. The highest BCUT2D eigenvalue weighted by Crippen LogP contribution is 2.26. The van der Waals surface area contributed by atoms with E-state index in [1.807, 2.05) is 31.3 Å². The summed E-state index contributed by atoms with van der Waals surface area (Å²) in [6.45, 7) is 2.80. The minimum absolute atomic E-state index is 0.112. The number of pyridine rings is 1. The van der Waals surface area contributed by atoms with Crippen molar-refractivity contribution < 1.29 is 0 Å². The summed E-state index contributed by atoms with van der Waals surface area (Å²) in [6.07, 6.45) is 2.70. The fourth-order valence-corrected chi connectivity index (χ4v) is 3.07. The predicted molar refractivity (Wildman–Crippen MR) is 94.7 cm³/mol. The van der Waals surface area contributed by atoms with Gasteiger partial charge in [0.25, 0.3) is 0 Å². The van der Waals surface area contributed by atoms with E-state index in [0.29, 0.717) is 0 Å². The normalized spacial score (nSPS) is 12.7. The average Bonchev–Trinajstić information content (AvgIpc) is 2.84. The van der Waals surface area contributed by atoms with Crippen molar-refractivity contribution >= 4 is 45.2 Å². The highest BCUT2D eigenvalue weighted by atomic mass is 127. The smallest absolute Gasteiger partial charge is 0.127 e. The minimum atomic E-state index is -0.112. The lowest BCUT2D eigenvalue weighted by Gasteiger charge is -2.10. The molecule has 0 aliphatic heterocycles. The van der Waals surface area contributed by atoms with E-state index < -0.39 is 0 Å². The molecule has 1 atom stereocenters. The van der Waals surface area contributed by atoms with Gasteiger partial charge in [0.2, 0.25) is 0 Å². The Morgan fingerprint density at radius 1 is 1.29 bits per heavy atom. The molecule has 0 aliphatic carbocycles. The molecule has 0 aliphatic rings. The molecule has 0 bridgehead atoms. The van der Waals surface area contributed by atoms with Gasteiger partial charge in [0.1, 0.15) is 5.82 Å². The number of halogens is 2. The van der Waals surface area contributed by atoms with Crippen molar-refractivity contribution in [3.05, 3.63) is 57.7 Å². The molecule has 1 aromatic carbocycles. The maximum Gasteiger partial charge on any atom is 0.127 e. The number of hydrogen-bond acceptors (Lipinski definition) is 2. The van der Waals surface area contributed by atoms with Crippen LogP contribution in [0.25, 0.3) is 11.0 Å². The van der Waals surface area contributed by atoms with Gasteiger partial charge < -0.3 is 4.57 Å². The van der Waals surface area contributed by atoms with Crippen molar-refractivity contribution in [3.8, 4) is 0 Å². The molecule has 0 saturated carbocycles. The van der Waals surface area contributed by atoms with E-state index in [9.17, 15) is 0 Å². The molecule has 2 aromatic heterocycles. The third-order valence-corrected chi connectivity index (χ3v) is 4.28. The third kappa shape index (κ3) is 3.21. The summed E-state index contributed by atoms with van der Waals surface area (Å²) in [5.41, 5.74) is 3.22. The number of fused-ring (bicyclic) bond motifs is 1. The molecule has 3 aromatic rings. The number of aromatic nitrogens is 3. The van der Waals surface area contributed by atoms with Crippen molar-refractivity contribution in [2.24, 2.45) is 0 Å². The first-order valence-corrected chi connectivity index (χ1v) is 8.36. The van der Waals surface area contributed by atoms with E-state index in [-0.39, 0.29) is 5.38 Å².